The Hall–Kier alpha value is -1.55. The molecule has 0 amide bonds. The van der Waals surface area contributed by atoms with Crippen molar-refractivity contribution in [2.24, 2.45) is 5.92 Å². The van der Waals surface area contributed by atoms with E-state index < -0.39 is 23.5 Å². The maximum atomic E-state index is 12.9. The molecular formula is C17H19F6N3S. The Morgan fingerprint density at radius 1 is 1.00 bits per heavy atom. The minimum atomic E-state index is -4.89. The van der Waals surface area contributed by atoms with Gasteiger partial charge in [0, 0.05) is 18.3 Å². The van der Waals surface area contributed by atoms with E-state index in [0.717, 1.165) is 19.5 Å². The van der Waals surface area contributed by atoms with Gasteiger partial charge in [-0.1, -0.05) is 0 Å². The third-order valence-corrected chi connectivity index (χ3v) is 5.36. The van der Waals surface area contributed by atoms with Crippen LogP contribution < -0.4 is 10.6 Å². The molecule has 3 nitrogen and oxygen atoms in total. The van der Waals surface area contributed by atoms with Gasteiger partial charge in [0.15, 0.2) is 5.11 Å². The van der Waals surface area contributed by atoms with Gasteiger partial charge in [0.05, 0.1) is 11.1 Å². The first-order valence-electron chi connectivity index (χ1n) is 8.61. The average Bonchev–Trinajstić information content (AvgIpc) is 2.59. The van der Waals surface area contributed by atoms with Gasteiger partial charge in [-0.3, -0.25) is 4.90 Å². The van der Waals surface area contributed by atoms with Crippen LogP contribution in [0.1, 0.15) is 30.4 Å². The second-order valence-corrected chi connectivity index (χ2v) is 7.41. The smallest absolute Gasteiger partial charge is 0.361 e. The minimum absolute atomic E-state index is 0.00472. The number of anilines is 1. The van der Waals surface area contributed by atoms with Crippen molar-refractivity contribution >= 4 is 23.0 Å². The van der Waals surface area contributed by atoms with Crippen LogP contribution in [-0.2, 0) is 12.4 Å². The van der Waals surface area contributed by atoms with E-state index in [1.807, 2.05) is 0 Å². The fourth-order valence-corrected chi connectivity index (χ4v) is 3.91. The second-order valence-electron chi connectivity index (χ2n) is 7.00. The molecule has 3 heterocycles. The zero-order valence-corrected chi connectivity index (χ0v) is 15.1. The molecule has 4 rings (SSSR count). The summed E-state index contributed by atoms with van der Waals surface area (Å²) in [6, 6.07) is 1.61. The first kappa shape index (κ1) is 20.2. The van der Waals surface area contributed by atoms with Crippen LogP contribution in [0, 0.1) is 5.92 Å². The third kappa shape index (κ3) is 5.04. The number of nitrogens with zero attached hydrogens (tertiary/aromatic N) is 1. The molecule has 27 heavy (non-hydrogen) atoms. The topological polar surface area (TPSA) is 27.3 Å². The van der Waals surface area contributed by atoms with Crippen LogP contribution in [0.5, 0.6) is 0 Å². The Labute approximate surface area is 158 Å². The first-order valence-corrected chi connectivity index (χ1v) is 9.01. The van der Waals surface area contributed by atoms with Crippen LogP contribution in [0.25, 0.3) is 0 Å². The van der Waals surface area contributed by atoms with Crippen molar-refractivity contribution in [1.29, 1.82) is 0 Å². The molecule has 150 valence electrons. The van der Waals surface area contributed by atoms with Crippen LogP contribution in [0.2, 0.25) is 0 Å². The van der Waals surface area contributed by atoms with Crippen LogP contribution >= 0.6 is 12.2 Å². The fourth-order valence-electron chi connectivity index (χ4n) is 3.71. The molecule has 0 aliphatic carbocycles. The molecule has 3 saturated heterocycles. The molecule has 0 radical (unpaired) electrons. The van der Waals surface area contributed by atoms with E-state index in [1.54, 1.807) is 0 Å². The molecule has 2 N–H and O–H groups in total. The Balaban J connectivity index is 1.66. The normalized spacial score (nSPS) is 25.3. The van der Waals surface area contributed by atoms with Gasteiger partial charge in [0.25, 0.3) is 0 Å². The van der Waals surface area contributed by atoms with Gasteiger partial charge in [-0.25, -0.2) is 0 Å². The number of alkyl halides is 6. The Morgan fingerprint density at radius 3 is 2.00 bits per heavy atom. The van der Waals surface area contributed by atoms with Gasteiger partial charge in [-0.15, -0.1) is 0 Å². The summed E-state index contributed by atoms with van der Waals surface area (Å²) in [5, 5.41) is 5.38. The molecule has 0 aromatic heterocycles. The summed E-state index contributed by atoms with van der Waals surface area (Å²) in [7, 11) is 0. The Morgan fingerprint density at radius 2 is 1.56 bits per heavy atom. The summed E-state index contributed by atoms with van der Waals surface area (Å²) in [6.07, 6.45) is -6.41. The Bertz CT molecular complexity index is 663. The monoisotopic (exact) mass is 411 g/mol. The maximum Gasteiger partial charge on any atom is 0.416 e. The minimum Gasteiger partial charge on any atom is -0.361 e. The molecule has 10 heteroatoms. The maximum absolute atomic E-state index is 12.9. The van der Waals surface area contributed by atoms with Crippen LogP contribution in [0.3, 0.4) is 0 Å². The van der Waals surface area contributed by atoms with Crippen LogP contribution in [0.15, 0.2) is 18.2 Å². The zero-order chi connectivity index (χ0) is 19.8. The third-order valence-electron chi connectivity index (χ3n) is 5.11. The van der Waals surface area contributed by atoms with Gasteiger partial charge in [-0.2, -0.15) is 26.3 Å². The number of thiocarbonyl (C=S) groups is 1. The molecule has 1 aromatic rings. The molecule has 0 spiro atoms. The summed E-state index contributed by atoms with van der Waals surface area (Å²) in [5.74, 6) is 0.682. The Kier molecular flexibility index (Phi) is 5.58. The quantitative estimate of drug-likeness (QED) is 0.566. The molecule has 0 saturated carbocycles. The number of hydrogen-bond donors (Lipinski definition) is 2. The van der Waals surface area contributed by atoms with Crippen LogP contribution in [0.4, 0.5) is 32.0 Å². The SMILES string of the molecule is FC(F)(F)c1cc(NC(=S)NCC2CC3CCN2CC3)cc(C(F)(F)F)c1. The van der Waals surface area contributed by atoms with E-state index in [-0.39, 0.29) is 22.9 Å². The van der Waals surface area contributed by atoms with Crippen molar-refractivity contribution in [3.63, 3.8) is 0 Å². The largest absolute Gasteiger partial charge is 0.416 e. The van der Waals surface area contributed by atoms with Crippen molar-refractivity contribution in [2.45, 2.75) is 37.7 Å². The predicted octanol–water partition coefficient (Wildman–Crippen LogP) is 4.49. The number of benzene rings is 1. The number of piperidine rings is 3. The number of rotatable bonds is 3. The van der Waals surface area contributed by atoms with Crippen molar-refractivity contribution in [3.05, 3.63) is 29.3 Å². The molecule has 1 aromatic carbocycles. The van der Waals surface area contributed by atoms with Crippen LogP contribution in [-0.4, -0.2) is 35.7 Å². The summed E-state index contributed by atoms with van der Waals surface area (Å²) < 4.78 is 77.4. The highest BCUT2D eigenvalue weighted by Gasteiger charge is 2.37. The van der Waals surface area contributed by atoms with E-state index >= 15 is 0 Å². The highest BCUT2D eigenvalue weighted by molar-refractivity contribution is 7.80. The van der Waals surface area contributed by atoms with E-state index in [9.17, 15) is 26.3 Å². The summed E-state index contributed by atoms with van der Waals surface area (Å²) in [4.78, 5) is 2.33. The molecule has 3 fully saturated rings. The van der Waals surface area contributed by atoms with E-state index in [0.29, 0.717) is 24.6 Å². The number of hydrogen-bond acceptors (Lipinski definition) is 2. The molecular weight excluding hydrogens is 392 g/mol. The van der Waals surface area contributed by atoms with Gasteiger partial charge in [-0.05, 0) is 68.7 Å². The van der Waals surface area contributed by atoms with Crippen molar-refractivity contribution in [3.8, 4) is 0 Å². The average molecular weight is 411 g/mol. The van der Waals surface area contributed by atoms with Gasteiger partial charge >= 0.3 is 12.4 Å². The molecule has 1 atom stereocenters. The molecule has 1 unspecified atom stereocenters. The van der Waals surface area contributed by atoms with E-state index in [2.05, 4.69) is 15.5 Å². The van der Waals surface area contributed by atoms with Crippen molar-refractivity contribution in [2.75, 3.05) is 25.0 Å². The zero-order valence-electron chi connectivity index (χ0n) is 14.3. The summed E-state index contributed by atoms with van der Waals surface area (Å²) in [5.41, 5.74) is -3.10. The highest BCUT2D eigenvalue weighted by Crippen LogP contribution is 2.37. The number of halogens is 6. The van der Waals surface area contributed by atoms with E-state index in [1.165, 1.54) is 12.8 Å². The number of fused-ring (bicyclic) bond motifs is 3. The standard InChI is InChI=1S/C17H19F6N3S/c18-16(19,20)11-6-12(17(21,22)23)8-13(7-11)25-15(27)24-9-14-5-10-1-3-26(14)4-2-10/h6-8,10,14H,1-5,9H2,(H2,24,25,27). The molecule has 3 aliphatic rings. The molecule has 2 bridgehead atoms. The second kappa shape index (κ2) is 7.46. The predicted molar refractivity (Wildman–Crippen MR) is 93.4 cm³/mol. The lowest BCUT2D eigenvalue weighted by molar-refractivity contribution is -0.143. The van der Waals surface area contributed by atoms with Gasteiger partial charge in [0.1, 0.15) is 0 Å². The molecule has 3 aliphatic heterocycles. The fraction of sp³-hybridized carbons (Fsp3) is 0.588. The lowest BCUT2D eigenvalue weighted by Gasteiger charge is -2.45. The van der Waals surface area contributed by atoms with Crippen molar-refractivity contribution in [1.82, 2.24) is 10.2 Å². The van der Waals surface area contributed by atoms with Gasteiger partial charge in [0.2, 0.25) is 0 Å². The first-order chi connectivity index (χ1) is 12.5. The van der Waals surface area contributed by atoms with Gasteiger partial charge < -0.3 is 10.6 Å². The number of nitrogens with one attached hydrogen (secondary N) is 2. The summed E-state index contributed by atoms with van der Waals surface area (Å²) >= 11 is 5.06. The van der Waals surface area contributed by atoms with Crippen molar-refractivity contribution < 1.29 is 26.3 Å². The summed E-state index contributed by atoms with van der Waals surface area (Å²) in [6.45, 7) is 2.53. The van der Waals surface area contributed by atoms with E-state index in [4.69, 9.17) is 12.2 Å². The highest BCUT2D eigenvalue weighted by atomic mass is 32.1. The lowest BCUT2D eigenvalue weighted by atomic mass is 9.83. The lowest BCUT2D eigenvalue weighted by Crippen LogP contribution is -2.53.